The number of fused-ring (bicyclic) bond motifs is 1. The third-order valence-corrected chi connectivity index (χ3v) is 7.34. The molecule has 0 aliphatic heterocycles. The summed E-state index contributed by atoms with van der Waals surface area (Å²) in [5.74, 6) is 0.862. The van der Waals surface area contributed by atoms with E-state index >= 15 is 0 Å². The fourth-order valence-electron chi connectivity index (χ4n) is 3.75. The molecule has 3 rings (SSSR count). The predicted molar refractivity (Wildman–Crippen MR) is 112 cm³/mol. The minimum absolute atomic E-state index is 0.00258. The first-order valence-corrected chi connectivity index (χ1v) is 10.8. The molecule has 5 nitrogen and oxygen atoms in total. The topological polar surface area (TPSA) is 70.0 Å². The minimum atomic E-state index is -1.20. The van der Waals surface area contributed by atoms with Crippen molar-refractivity contribution in [2.75, 3.05) is 0 Å². The number of nitrogens with one attached hydrogen (secondary N) is 1. The van der Waals surface area contributed by atoms with Crippen molar-refractivity contribution in [2.24, 2.45) is 7.05 Å². The maximum atomic E-state index is 13.1. The van der Waals surface area contributed by atoms with Crippen molar-refractivity contribution < 1.29 is 4.55 Å². The average molecular weight is 390 g/mol. The quantitative estimate of drug-likeness (QED) is 0.808. The highest BCUT2D eigenvalue weighted by molar-refractivity contribution is 7.90. The molecule has 1 aliphatic rings. The number of aryl methyl sites for hydroxylation is 1. The van der Waals surface area contributed by atoms with Gasteiger partial charge in [-0.2, -0.15) is 0 Å². The number of hydrogen-bond donors (Lipinski definition) is 1. The lowest BCUT2D eigenvalue weighted by molar-refractivity contribution is 0.247. The molecule has 0 unspecified atom stereocenters. The highest BCUT2D eigenvalue weighted by Gasteiger charge is 2.38. The first-order chi connectivity index (χ1) is 12.4. The fourth-order valence-corrected chi connectivity index (χ4v) is 4.56. The number of nitrogens with zero attached hydrogens (tertiary/aromatic N) is 2. The van der Waals surface area contributed by atoms with Gasteiger partial charge in [-0.1, -0.05) is 19.4 Å². The van der Waals surface area contributed by atoms with Crippen molar-refractivity contribution in [3.05, 3.63) is 39.4 Å². The van der Waals surface area contributed by atoms with Crippen LogP contribution in [0.25, 0.3) is 10.9 Å². The van der Waals surface area contributed by atoms with Gasteiger partial charge in [-0.3, -0.25) is 9.36 Å². The van der Waals surface area contributed by atoms with E-state index in [2.05, 4.69) is 17.7 Å². The van der Waals surface area contributed by atoms with E-state index in [0.29, 0.717) is 5.39 Å². The molecule has 1 heterocycles. The lowest BCUT2D eigenvalue weighted by atomic mass is 9.69. The van der Waals surface area contributed by atoms with Crippen molar-refractivity contribution in [3.8, 4) is 0 Å². The zero-order valence-electron chi connectivity index (χ0n) is 17.5. The van der Waals surface area contributed by atoms with E-state index in [9.17, 15) is 9.35 Å². The molecular weight excluding hydrogens is 358 g/mol. The van der Waals surface area contributed by atoms with Crippen molar-refractivity contribution in [1.82, 2.24) is 14.3 Å². The van der Waals surface area contributed by atoms with Crippen LogP contribution in [0.1, 0.15) is 76.9 Å². The molecule has 1 aliphatic carbocycles. The Hall–Kier alpha value is -1.37. The second kappa shape index (κ2) is 6.90. The summed E-state index contributed by atoms with van der Waals surface area (Å²) in [4.78, 5) is 18.1. The van der Waals surface area contributed by atoms with Gasteiger partial charge in [0.25, 0.3) is 5.56 Å². The van der Waals surface area contributed by atoms with Crippen LogP contribution in [0.2, 0.25) is 0 Å². The minimum Gasteiger partial charge on any atom is -0.598 e. The summed E-state index contributed by atoms with van der Waals surface area (Å²) in [5.41, 5.74) is 2.64. The van der Waals surface area contributed by atoms with Gasteiger partial charge in [-0.15, -0.1) is 4.72 Å². The first kappa shape index (κ1) is 20.4. The SMILES string of the molecule is Cc1cc([C@@H](C)N[S@+]([O-])C(C)(C)C)c2nc(C3(C)CCC3)n(C)c(=O)c2c1. The van der Waals surface area contributed by atoms with Gasteiger partial charge in [-0.25, -0.2) is 4.98 Å². The van der Waals surface area contributed by atoms with Crippen LogP contribution in [0.4, 0.5) is 0 Å². The molecule has 0 bridgehead atoms. The summed E-state index contributed by atoms with van der Waals surface area (Å²) >= 11 is -1.20. The van der Waals surface area contributed by atoms with Crippen LogP contribution in [0, 0.1) is 6.92 Å². The van der Waals surface area contributed by atoms with Crippen LogP contribution in [-0.2, 0) is 23.8 Å². The van der Waals surface area contributed by atoms with Crippen molar-refractivity contribution in [1.29, 1.82) is 0 Å². The summed E-state index contributed by atoms with van der Waals surface area (Å²) in [6.45, 7) is 12.0. The van der Waals surface area contributed by atoms with Crippen LogP contribution in [0.3, 0.4) is 0 Å². The van der Waals surface area contributed by atoms with Gasteiger partial charge in [-0.05, 0) is 59.1 Å². The van der Waals surface area contributed by atoms with E-state index in [4.69, 9.17) is 4.98 Å². The summed E-state index contributed by atoms with van der Waals surface area (Å²) in [6.07, 6.45) is 3.29. The van der Waals surface area contributed by atoms with E-state index in [1.807, 2.05) is 47.7 Å². The van der Waals surface area contributed by atoms with E-state index < -0.39 is 11.4 Å². The molecule has 1 saturated carbocycles. The molecule has 148 valence electrons. The summed E-state index contributed by atoms with van der Waals surface area (Å²) < 4.78 is 17.1. The Balaban J connectivity index is 2.16. The second-order valence-corrected chi connectivity index (χ2v) is 11.2. The van der Waals surface area contributed by atoms with E-state index in [1.54, 1.807) is 4.57 Å². The second-order valence-electron chi connectivity index (χ2n) is 9.18. The van der Waals surface area contributed by atoms with Gasteiger partial charge in [0.15, 0.2) is 0 Å². The van der Waals surface area contributed by atoms with E-state index in [1.165, 1.54) is 6.42 Å². The zero-order chi connectivity index (χ0) is 20.1. The molecule has 1 aromatic carbocycles. The first-order valence-electron chi connectivity index (χ1n) is 9.64. The molecule has 2 aromatic rings. The highest BCUT2D eigenvalue weighted by Crippen LogP contribution is 2.42. The molecule has 1 N–H and O–H groups in total. The Morgan fingerprint density at radius 2 is 1.96 bits per heavy atom. The van der Waals surface area contributed by atoms with Crippen LogP contribution < -0.4 is 10.3 Å². The molecule has 27 heavy (non-hydrogen) atoms. The Kier molecular flexibility index (Phi) is 5.21. The lowest BCUT2D eigenvalue weighted by Crippen LogP contribution is -2.41. The average Bonchev–Trinajstić information content (AvgIpc) is 2.54. The molecule has 2 atom stereocenters. The lowest BCUT2D eigenvalue weighted by Gasteiger charge is -2.38. The van der Waals surface area contributed by atoms with Crippen LogP contribution in [-0.4, -0.2) is 18.9 Å². The van der Waals surface area contributed by atoms with Gasteiger partial charge in [0, 0.05) is 29.4 Å². The molecule has 0 amide bonds. The zero-order valence-corrected chi connectivity index (χ0v) is 18.3. The van der Waals surface area contributed by atoms with E-state index in [-0.39, 0.29) is 21.8 Å². The monoisotopic (exact) mass is 389 g/mol. The number of rotatable bonds is 4. The van der Waals surface area contributed by atoms with Crippen molar-refractivity contribution >= 4 is 22.3 Å². The molecule has 1 fully saturated rings. The third kappa shape index (κ3) is 3.67. The van der Waals surface area contributed by atoms with Gasteiger partial charge in [0.2, 0.25) is 0 Å². The largest absolute Gasteiger partial charge is 0.598 e. The Morgan fingerprint density at radius 1 is 1.33 bits per heavy atom. The maximum absolute atomic E-state index is 13.1. The molecule has 0 radical (unpaired) electrons. The maximum Gasteiger partial charge on any atom is 0.261 e. The van der Waals surface area contributed by atoms with Gasteiger partial charge in [0.1, 0.15) is 10.6 Å². The van der Waals surface area contributed by atoms with Crippen molar-refractivity contribution in [3.63, 3.8) is 0 Å². The molecule has 0 saturated heterocycles. The van der Waals surface area contributed by atoms with Crippen LogP contribution in [0.5, 0.6) is 0 Å². The van der Waals surface area contributed by atoms with Gasteiger partial charge < -0.3 is 4.55 Å². The molecule has 1 aromatic heterocycles. The smallest absolute Gasteiger partial charge is 0.261 e. The molecule has 6 heteroatoms. The van der Waals surface area contributed by atoms with Crippen LogP contribution >= 0.6 is 0 Å². The highest BCUT2D eigenvalue weighted by atomic mass is 32.2. The number of hydrogen-bond acceptors (Lipinski definition) is 4. The number of aromatic nitrogens is 2. The Labute approximate surface area is 164 Å². The predicted octanol–water partition coefficient (Wildman–Crippen LogP) is 3.80. The van der Waals surface area contributed by atoms with Gasteiger partial charge >= 0.3 is 0 Å². The number of benzene rings is 1. The summed E-state index contributed by atoms with van der Waals surface area (Å²) in [7, 11) is 1.83. The molecular formula is C21H31N3O2S. The normalized spacial score (nSPS) is 19.0. The summed E-state index contributed by atoms with van der Waals surface area (Å²) in [6, 6.07) is 3.79. The Morgan fingerprint density at radius 3 is 2.48 bits per heavy atom. The van der Waals surface area contributed by atoms with Crippen LogP contribution in [0.15, 0.2) is 16.9 Å². The molecule has 0 spiro atoms. The van der Waals surface area contributed by atoms with E-state index in [0.717, 1.165) is 35.3 Å². The third-order valence-electron chi connectivity index (χ3n) is 5.66. The van der Waals surface area contributed by atoms with Gasteiger partial charge in [0.05, 0.1) is 16.9 Å². The standard InChI is InChI=1S/C21H31N3O2S/c1-13-11-15(14(2)23-27(26)20(3,4)5)17-16(12-13)18(25)24(7)19(22-17)21(6)9-8-10-21/h11-12,14,23H,8-10H2,1-7H3/t14-,27-/m1/s1. The Bertz CT molecular complexity index is 926. The fraction of sp³-hybridized carbons (Fsp3) is 0.619. The summed E-state index contributed by atoms with van der Waals surface area (Å²) in [5, 5.41) is 0.634. The van der Waals surface area contributed by atoms with Crippen molar-refractivity contribution in [2.45, 2.75) is 77.0 Å².